The minimum Gasteiger partial charge on any atom is -0.481 e. The second-order valence-corrected chi connectivity index (χ2v) is 10.3. The molecule has 0 saturated carbocycles. The maximum atomic E-state index is 14.0. The number of aliphatic carboxylic acids is 1. The second kappa shape index (κ2) is 11.7. The molecule has 236 valence electrons. The molecule has 1 N–H and O–H groups in total. The maximum absolute atomic E-state index is 14.0. The van der Waals surface area contributed by atoms with E-state index >= 15 is 0 Å². The van der Waals surface area contributed by atoms with Gasteiger partial charge in [-0.3, -0.25) is 19.8 Å². The summed E-state index contributed by atoms with van der Waals surface area (Å²) in [6.45, 7) is -0.478. The molecule has 0 amide bonds. The lowest BCUT2D eigenvalue weighted by molar-refractivity contribution is -0.384. The molecule has 0 aromatic heterocycles. The monoisotopic (exact) mass is 628 g/mol. The smallest absolute Gasteiger partial charge is 0.418 e. The number of piperazine rings is 1. The van der Waals surface area contributed by atoms with E-state index in [0.29, 0.717) is 12.1 Å². The lowest BCUT2D eigenvalue weighted by Crippen LogP contribution is -2.46. The molecule has 0 atom stereocenters. The van der Waals surface area contributed by atoms with Gasteiger partial charge in [0.25, 0.3) is 5.69 Å². The summed E-state index contributed by atoms with van der Waals surface area (Å²) in [7, 11) is 0. The van der Waals surface area contributed by atoms with Gasteiger partial charge in [0.15, 0.2) is 0 Å². The van der Waals surface area contributed by atoms with Crippen molar-refractivity contribution >= 4 is 23.0 Å². The van der Waals surface area contributed by atoms with Crippen LogP contribution in [0.4, 0.5) is 56.6 Å². The first kappa shape index (κ1) is 32.2. The normalized spacial score (nSPS) is 17.8. The van der Waals surface area contributed by atoms with Gasteiger partial charge in [-0.15, -0.1) is 0 Å². The Balaban J connectivity index is 1.58. The van der Waals surface area contributed by atoms with Crippen LogP contribution in [0, 0.1) is 16.0 Å². The van der Waals surface area contributed by atoms with E-state index in [9.17, 15) is 59.5 Å². The number of rotatable bonds is 6. The lowest BCUT2D eigenvalue weighted by atomic mass is 9.95. The fourth-order valence-corrected chi connectivity index (χ4v) is 5.36. The molecule has 2 heterocycles. The van der Waals surface area contributed by atoms with Crippen LogP contribution in [-0.2, 0) is 29.9 Å². The minimum absolute atomic E-state index is 0.00976. The van der Waals surface area contributed by atoms with Crippen molar-refractivity contribution < 1.29 is 54.3 Å². The summed E-state index contributed by atoms with van der Waals surface area (Å²) in [5, 5.41) is 21.0. The van der Waals surface area contributed by atoms with E-state index < -0.39 is 63.3 Å². The van der Waals surface area contributed by atoms with Crippen LogP contribution >= 0.6 is 0 Å². The maximum Gasteiger partial charge on any atom is 0.418 e. The average molecular weight is 628 g/mol. The Labute approximate surface area is 238 Å². The third kappa shape index (κ3) is 7.25. The first-order valence-electron chi connectivity index (χ1n) is 13.0. The largest absolute Gasteiger partial charge is 0.481 e. The Kier molecular flexibility index (Phi) is 8.77. The Morgan fingerprint density at radius 2 is 1.35 bits per heavy atom. The summed E-state index contributed by atoms with van der Waals surface area (Å²) in [6.07, 6.45) is -14.9. The van der Waals surface area contributed by atoms with Gasteiger partial charge < -0.3 is 14.9 Å². The number of halogens is 9. The number of benzene rings is 2. The number of piperidine rings is 1. The van der Waals surface area contributed by atoms with Crippen molar-refractivity contribution in [3.8, 4) is 0 Å². The zero-order valence-electron chi connectivity index (χ0n) is 22.2. The van der Waals surface area contributed by atoms with E-state index in [-0.39, 0.29) is 76.1 Å². The second-order valence-electron chi connectivity index (χ2n) is 10.3. The number of alkyl halides is 9. The van der Waals surface area contributed by atoms with Gasteiger partial charge in [0.2, 0.25) is 0 Å². The zero-order chi connectivity index (χ0) is 31.9. The quantitative estimate of drug-likeness (QED) is 0.229. The average Bonchev–Trinajstić information content (AvgIpc) is 2.91. The van der Waals surface area contributed by atoms with Gasteiger partial charge in [-0.1, -0.05) is 6.07 Å². The van der Waals surface area contributed by atoms with E-state index in [1.54, 1.807) is 0 Å². The first-order chi connectivity index (χ1) is 19.9. The molecule has 0 bridgehead atoms. The van der Waals surface area contributed by atoms with Crippen molar-refractivity contribution in [2.45, 2.75) is 37.9 Å². The third-order valence-electron chi connectivity index (χ3n) is 7.63. The van der Waals surface area contributed by atoms with Crippen molar-refractivity contribution in [3.63, 3.8) is 0 Å². The van der Waals surface area contributed by atoms with Crippen LogP contribution < -0.4 is 9.80 Å². The van der Waals surface area contributed by atoms with Gasteiger partial charge in [-0.2, -0.15) is 39.5 Å². The zero-order valence-corrected chi connectivity index (χ0v) is 22.2. The van der Waals surface area contributed by atoms with Crippen LogP contribution in [0.1, 0.15) is 35.1 Å². The fraction of sp³-hybridized carbons (Fsp3) is 0.500. The number of hydrogen-bond acceptors (Lipinski definition) is 6. The van der Waals surface area contributed by atoms with Crippen LogP contribution in [0.3, 0.4) is 0 Å². The molecule has 2 aromatic carbocycles. The first-order valence-corrected chi connectivity index (χ1v) is 13.0. The summed E-state index contributed by atoms with van der Waals surface area (Å²) >= 11 is 0. The molecule has 2 fully saturated rings. The van der Waals surface area contributed by atoms with E-state index in [4.69, 9.17) is 0 Å². The number of nitrogens with zero attached hydrogens (tertiary/aromatic N) is 4. The summed E-state index contributed by atoms with van der Waals surface area (Å²) in [4.78, 5) is 26.4. The van der Waals surface area contributed by atoms with E-state index in [2.05, 4.69) is 0 Å². The SMILES string of the molecule is O=C(O)C1CCN(c2cc(N3CCN(Cc4ccc(C(F)(F)F)cc4C(F)(F)F)CC3)c([N+](=O)[O-])cc2C(F)(F)F)CC1. The summed E-state index contributed by atoms with van der Waals surface area (Å²) in [6, 6.07) is 2.80. The molecule has 17 heteroatoms. The van der Waals surface area contributed by atoms with Gasteiger partial charge in [0.1, 0.15) is 5.69 Å². The predicted octanol–water partition coefficient (Wildman–Crippen LogP) is 6.27. The molecular formula is C26H25F9N4O4. The van der Waals surface area contributed by atoms with Crippen LogP contribution in [0.2, 0.25) is 0 Å². The van der Waals surface area contributed by atoms with Crippen molar-refractivity contribution in [2.75, 3.05) is 49.1 Å². The van der Waals surface area contributed by atoms with Gasteiger partial charge in [-0.05, 0) is 36.6 Å². The van der Waals surface area contributed by atoms with E-state index in [1.807, 2.05) is 0 Å². The van der Waals surface area contributed by atoms with Crippen molar-refractivity contribution in [3.05, 3.63) is 62.7 Å². The Hall–Kier alpha value is -3.76. The van der Waals surface area contributed by atoms with Crippen LogP contribution in [0.25, 0.3) is 0 Å². The highest BCUT2D eigenvalue weighted by Gasteiger charge is 2.41. The molecule has 43 heavy (non-hydrogen) atoms. The van der Waals surface area contributed by atoms with Gasteiger partial charge in [-0.25, -0.2) is 0 Å². The molecular weight excluding hydrogens is 603 g/mol. The summed E-state index contributed by atoms with van der Waals surface area (Å²) in [5.74, 6) is -1.81. The van der Waals surface area contributed by atoms with E-state index in [1.165, 1.54) is 14.7 Å². The summed E-state index contributed by atoms with van der Waals surface area (Å²) in [5.41, 5.74) is -5.87. The molecule has 0 unspecified atom stereocenters. The molecule has 2 aliphatic rings. The molecule has 8 nitrogen and oxygen atoms in total. The number of carboxylic acids is 1. The molecule has 4 rings (SSSR count). The van der Waals surface area contributed by atoms with Gasteiger partial charge in [0, 0.05) is 51.9 Å². The Bertz CT molecular complexity index is 1360. The Morgan fingerprint density at radius 3 is 1.84 bits per heavy atom. The highest BCUT2D eigenvalue weighted by Crippen LogP contribution is 2.45. The highest BCUT2D eigenvalue weighted by molar-refractivity contribution is 5.75. The van der Waals surface area contributed by atoms with Crippen molar-refractivity contribution in [1.82, 2.24) is 4.90 Å². The summed E-state index contributed by atoms with van der Waals surface area (Å²) < 4.78 is 122. The highest BCUT2D eigenvalue weighted by atomic mass is 19.4. The Morgan fingerprint density at radius 1 is 0.791 bits per heavy atom. The molecule has 2 aliphatic heterocycles. The molecule has 0 radical (unpaired) electrons. The van der Waals surface area contributed by atoms with Crippen molar-refractivity contribution in [1.29, 1.82) is 0 Å². The van der Waals surface area contributed by atoms with Crippen LogP contribution in [-0.4, -0.2) is 60.2 Å². The van der Waals surface area contributed by atoms with Crippen molar-refractivity contribution in [2.24, 2.45) is 5.92 Å². The number of anilines is 2. The van der Waals surface area contributed by atoms with Crippen LogP contribution in [0.5, 0.6) is 0 Å². The lowest BCUT2D eigenvalue weighted by Gasteiger charge is -2.38. The standard InChI is InChI=1S/C26H25F9N4O4/c27-24(28,29)17-2-1-16(18(11-17)25(30,31)32)14-36-7-9-38(10-8-36)21-13-20(37-5-3-15(4-6-37)23(40)41)19(26(33,34)35)12-22(21)39(42)43/h1-2,11-13,15H,3-10,14H2,(H,40,41). The number of hydrogen-bond donors (Lipinski definition) is 1. The fourth-order valence-electron chi connectivity index (χ4n) is 5.36. The van der Waals surface area contributed by atoms with Crippen LogP contribution in [0.15, 0.2) is 30.3 Å². The molecule has 2 saturated heterocycles. The molecule has 2 aromatic rings. The number of nitro benzene ring substituents is 1. The number of carboxylic acid groups (broad SMARTS) is 1. The topological polar surface area (TPSA) is 90.2 Å². The molecule has 0 spiro atoms. The number of carbonyl (C=O) groups is 1. The minimum atomic E-state index is -5.06. The van der Waals surface area contributed by atoms with Gasteiger partial charge >= 0.3 is 24.5 Å². The number of nitro groups is 1. The van der Waals surface area contributed by atoms with Gasteiger partial charge in [0.05, 0.1) is 33.2 Å². The predicted molar refractivity (Wildman–Crippen MR) is 135 cm³/mol. The molecule has 0 aliphatic carbocycles. The van der Waals surface area contributed by atoms with E-state index in [0.717, 1.165) is 12.1 Å². The third-order valence-corrected chi connectivity index (χ3v) is 7.63.